The first-order valence-corrected chi connectivity index (χ1v) is 7.44. The fourth-order valence-electron chi connectivity index (χ4n) is 1.33. The van der Waals surface area contributed by atoms with Gasteiger partial charge in [-0.1, -0.05) is 19.8 Å². The molecule has 0 aliphatic heterocycles. The van der Waals surface area contributed by atoms with Crippen molar-refractivity contribution in [2.75, 3.05) is 13.2 Å². The van der Waals surface area contributed by atoms with E-state index in [1.807, 2.05) is 0 Å². The molecule has 1 aromatic rings. The second kappa shape index (κ2) is 15.9. The van der Waals surface area contributed by atoms with E-state index in [-0.39, 0.29) is 24.3 Å². The molecule has 1 rings (SSSR count). The zero-order chi connectivity index (χ0) is 19.0. The van der Waals surface area contributed by atoms with Crippen molar-refractivity contribution in [2.45, 2.75) is 38.9 Å². The van der Waals surface area contributed by atoms with Crippen molar-refractivity contribution in [3.05, 3.63) is 35.4 Å². The number of unbranched alkanes of at least 4 members (excludes halogenated alkanes) is 2. The van der Waals surface area contributed by atoms with Crippen LogP contribution in [0.5, 0.6) is 0 Å². The van der Waals surface area contributed by atoms with Crippen molar-refractivity contribution in [3.8, 4) is 0 Å². The van der Waals surface area contributed by atoms with Crippen molar-refractivity contribution >= 4 is 11.9 Å². The van der Waals surface area contributed by atoms with E-state index in [9.17, 15) is 9.59 Å². The summed E-state index contributed by atoms with van der Waals surface area (Å²) in [5.41, 5.74) is 0.167. The molecule has 138 valence electrons. The molecule has 0 saturated carbocycles. The van der Waals surface area contributed by atoms with Crippen molar-refractivity contribution in [2.24, 2.45) is 0 Å². The van der Waals surface area contributed by atoms with E-state index in [0.717, 1.165) is 19.3 Å². The molecule has 0 fully saturated rings. The summed E-state index contributed by atoms with van der Waals surface area (Å²) in [5.74, 6) is -2.13. The number of carboxylic acid groups (broad SMARTS) is 2. The van der Waals surface area contributed by atoms with Gasteiger partial charge in [0, 0.05) is 0 Å². The summed E-state index contributed by atoms with van der Waals surface area (Å²) >= 11 is 0. The highest BCUT2D eigenvalue weighted by Crippen LogP contribution is 2.03. The van der Waals surface area contributed by atoms with E-state index in [2.05, 4.69) is 6.92 Å². The maximum atomic E-state index is 10.3. The van der Waals surface area contributed by atoms with Crippen molar-refractivity contribution in [1.82, 2.24) is 0 Å². The van der Waals surface area contributed by atoms with E-state index >= 15 is 0 Å². The maximum Gasteiger partial charge on any atom is 0.335 e. The normalized spacial score (nSPS) is 9.42. The molecule has 0 atom stereocenters. The third kappa shape index (κ3) is 14.9. The lowest BCUT2D eigenvalue weighted by atomic mass is 10.1. The summed E-state index contributed by atoms with van der Waals surface area (Å²) in [6.45, 7) is 1.84. The molecule has 6 N–H and O–H groups in total. The van der Waals surface area contributed by atoms with Gasteiger partial charge >= 0.3 is 11.9 Å². The highest BCUT2D eigenvalue weighted by atomic mass is 16.5. The number of carbonyl (C=O) groups is 2. The smallest absolute Gasteiger partial charge is 0.335 e. The molecular weight excluding hydrogens is 320 g/mol. The summed E-state index contributed by atoms with van der Waals surface area (Å²) < 4.78 is 0. The molecule has 0 amide bonds. The Hall–Kier alpha value is -2.00. The minimum atomic E-state index is -1.10. The average Bonchev–Trinajstić information content (AvgIpc) is 2.55. The van der Waals surface area contributed by atoms with E-state index in [4.69, 9.17) is 30.6 Å². The van der Waals surface area contributed by atoms with E-state index in [1.165, 1.54) is 24.3 Å². The molecule has 0 aliphatic rings. The van der Waals surface area contributed by atoms with Gasteiger partial charge < -0.3 is 30.6 Å². The van der Waals surface area contributed by atoms with Gasteiger partial charge in [0.2, 0.25) is 0 Å². The molecule has 1 aromatic carbocycles. The highest BCUT2D eigenvalue weighted by Gasteiger charge is 2.04. The van der Waals surface area contributed by atoms with Crippen LogP contribution in [0.25, 0.3) is 0 Å². The van der Waals surface area contributed by atoms with Gasteiger partial charge in [0.05, 0.1) is 24.3 Å². The topological polar surface area (TPSA) is 156 Å². The molecule has 0 spiro atoms. The van der Waals surface area contributed by atoms with Crippen LogP contribution in [0.15, 0.2) is 24.3 Å². The van der Waals surface area contributed by atoms with Crippen LogP contribution in [0.1, 0.15) is 53.3 Å². The SMILES string of the molecule is CCCCCC(O)O.O=C(O)c1ccc(C(=O)O)cc1.OCCO. The van der Waals surface area contributed by atoms with E-state index in [0.29, 0.717) is 6.42 Å². The fourth-order valence-corrected chi connectivity index (χ4v) is 1.33. The standard InChI is InChI=1S/C8H6O4.C6H14O2.C2H6O2/c9-7(10)5-1-2-6(4-3-5)8(11)12;1-2-3-4-5-6(7)8;3-1-2-4/h1-4H,(H,9,10)(H,11,12);6-8H,2-5H2,1H3;3-4H,1-2H2. The predicted octanol–water partition coefficient (Wildman–Crippen LogP) is 0.931. The lowest BCUT2D eigenvalue weighted by molar-refractivity contribution is -0.0465. The van der Waals surface area contributed by atoms with Crippen LogP contribution in [0.4, 0.5) is 0 Å². The average molecular weight is 346 g/mol. The fraction of sp³-hybridized carbons (Fsp3) is 0.500. The third-order valence-electron chi connectivity index (χ3n) is 2.54. The molecular formula is C16H26O8. The highest BCUT2D eigenvalue weighted by molar-refractivity contribution is 5.91. The number of rotatable bonds is 7. The number of aromatic carboxylic acids is 2. The van der Waals surface area contributed by atoms with Gasteiger partial charge in [0.25, 0.3) is 0 Å². The molecule has 0 unspecified atom stereocenters. The molecule has 8 nitrogen and oxygen atoms in total. The Kier molecular flexibility index (Phi) is 16.0. The summed E-state index contributed by atoms with van der Waals surface area (Å²) in [6, 6.07) is 5.02. The number of aliphatic hydroxyl groups excluding tert-OH is 3. The molecule has 0 radical (unpaired) electrons. The second-order valence-corrected chi connectivity index (χ2v) is 4.61. The molecule has 0 saturated heterocycles. The monoisotopic (exact) mass is 346 g/mol. The first-order chi connectivity index (χ1) is 11.3. The second-order valence-electron chi connectivity index (χ2n) is 4.61. The first-order valence-electron chi connectivity index (χ1n) is 7.44. The Labute approximate surface area is 140 Å². The van der Waals surface area contributed by atoms with E-state index in [1.54, 1.807) is 0 Å². The van der Waals surface area contributed by atoms with Crippen molar-refractivity contribution < 1.29 is 40.2 Å². The lowest BCUT2D eigenvalue weighted by Gasteiger charge is -1.99. The summed E-state index contributed by atoms with van der Waals surface area (Å²) in [4.78, 5) is 20.7. The molecule has 0 bridgehead atoms. The van der Waals surface area contributed by atoms with Crippen LogP contribution in [0.3, 0.4) is 0 Å². The predicted molar refractivity (Wildman–Crippen MR) is 86.9 cm³/mol. The van der Waals surface area contributed by atoms with Gasteiger partial charge in [0.1, 0.15) is 0 Å². The molecule has 0 aromatic heterocycles. The van der Waals surface area contributed by atoms with Gasteiger partial charge in [-0.25, -0.2) is 9.59 Å². The van der Waals surface area contributed by atoms with Gasteiger partial charge in [0.15, 0.2) is 6.29 Å². The maximum absolute atomic E-state index is 10.3. The van der Waals surface area contributed by atoms with Gasteiger partial charge in [-0.15, -0.1) is 0 Å². The van der Waals surface area contributed by atoms with Gasteiger partial charge in [-0.05, 0) is 37.1 Å². The summed E-state index contributed by atoms with van der Waals surface area (Å²) in [6.07, 6.45) is 2.58. The van der Waals surface area contributed by atoms with Crippen LogP contribution in [-0.2, 0) is 0 Å². The van der Waals surface area contributed by atoms with Crippen molar-refractivity contribution in [1.29, 1.82) is 0 Å². The summed E-state index contributed by atoms with van der Waals surface area (Å²) in [7, 11) is 0. The zero-order valence-corrected chi connectivity index (χ0v) is 13.6. The van der Waals surface area contributed by atoms with Gasteiger partial charge in [-0.3, -0.25) is 0 Å². The Morgan fingerprint density at radius 2 is 1.25 bits per heavy atom. The van der Waals surface area contributed by atoms with Crippen LogP contribution in [0, 0.1) is 0 Å². The zero-order valence-electron chi connectivity index (χ0n) is 13.6. The lowest BCUT2D eigenvalue weighted by Crippen LogP contribution is -2.02. The number of aliphatic hydroxyl groups is 4. The molecule has 0 aliphatic carbocycles. The minimum Gasteiger partial charge on any atom is -0.478 e. The molecule has 24 heavy (non-hydrogen) atoms. The van der Waals surface area contributed by atoms with Crippen LogP contribution < -0.4 is 0 Å². The van der Waals surface area contributed by atoms with Gasteiger partial charge in [-0.2, -0.15) is 0 Å². The largest absolute Gasteiger partial charge is 0.478 e. The van der Waals surface area contributed by atoms with Crippen LogP contribution in [0.2, 0.25) is 0 Å². The Morgan fingerprint density at radius 3 is 1.46 bits per heavy atom. The number of benzene rings is 1. The van der Waals surface area contributed by atoms with Crippen LogP contribution >= 0.6 is 0 Å². The number of hydrogen-bond donors (Lipinski definition) is 6. The quantitative estimate of drug-likeness (QED) is 0.314. The van der Waals surface area contributed by atoms with Crippen LogP contribution in [-0.4, -0.2) is 62.1 Å². The summed E-state index contributed by atoms with van der Waals surface area (Å²) in [5, 5.41) is 48.9. The number of carboxylic acids is 2. The Bertz CT molecular complexity index is 407. The Balaban J connectivity index is 0. The Morgan fingerprint density at radius 1 is 0.875 bits per heavy atom. The molecule has 8 heteroatoms. The first kappa shape index (κ1) is 24.3. The number of hydrogen-bond acceptors (Lipinski definition) is 6. The van der Waals surface area contributed by atoms with E-state index < -0.39 is 18.2 Å². The minimum absolute atomic E-state index is 0.0833. The molecule has 0 heterocycles. The van der Waals surface area contributed by atoms with Crippen molar-refractivity contribution in [3.63, 3.8) is 0 Å². The third-order valence-corrected chi connectivity index (χ3v) is 2.54.